The van der Waals surface area contributed by atoms with Gasteiger partial charge in [0.2, 0.25) is 5.91 Å². The van der Waals surface area contributed by atoms with Crippen LogP contribution in [0.2, 0.25) is 0 Å². The number of hydrogen-bond donors (Lipinski definition) is 0. The first-order chi connectivity index (χ1) is 8.93. The molecule has 0 aliphatic carbocycles. The SMILES string of the molecule is C=CC(=O)N1CCOCc2cc(C(F)(F)F)ccc21. The van der Waals surface area contributed by atoms with E-state index in [1.54, 1.807) is 0 Å². The monoisotopic (exact) mass is 271 g/mol. The quantitative estimate of drug-likeness (QED) is 0.735. The second-order valence-electron chi connectivity index (χ2n) is 4.09. The molecule has 6 heteroatoms. The van der Waals surface area contributed by atoms with Crippen LogP contribution in [0.3, 0.4) is 0 Å². The summed E-state index contributed by atoms with van der Waals surface area (Å²) in [5, 5.41) is 0. The highest BCUT2D eigenvalue weighted by Gasteiger charge is 2.32. The molecular formula is C13H12F3NO2. The second kappa shape index (κ2) is 5.05. The van der Waals surface area contributed by atoms with E-state index in [0.29, 0.717) is 17.8 Å². The summed E-state index contributed by atoms with van der Waals surface area (Å²) in [5.41, 5.74) is 0.0423. The standard InChI is InChI=1S/C13H12F3NO2/c1-2-12(18)17-5-6-19-8-9-7-10(13(14,15)16)3-4-11(9)17/h2-4,7H,1,5-6,8H2. The molecule has 0 unspecified atom stereocenters. The van der Waals surface area contributed by atoms with E-state index in [1.165, 1.54) is 11.0 Å². The van der Waals surface area contributed by atoms with Gasteiger partial charge in [0.15, 0.2) is 0 Å². The van der Waals surface area contributed by atoms with Gasteiger partial charge in [-0.15, -0.1) is 0 Å². The highest BCUT2D eigenvalue weighted by Crippen LogP contribution is 2.34. The molecule has 2 rings (SSSR count). The Morgan fingerprint density at radius 3 is 2.79 bits per heavy atom. The van der Waals surface area contributed by atoms with E-state index in [1.807, 2.05) is 0 Å². The first kappa shape index (κ1) is 13.6. The number of carbonyl (C=O) groups excluding carboxylic acids is 1. The number of nitrogens with zero attached hydrogens (tertiary/aromatic N) is 1. The third-order valence-corrected chi connectivity index (χ3v) is 2.86. The Hall–Kier alpha value is -1.82. The smallest absolute Gasteiger partial charge is 0.375 e. The number of amides is 1. The number of ether oxygens (including phenoxy) is 1. The summed E-state index contributed by atoms with van der Waals surface area (Å²) in [7, 11) is 0. The molecule has 0 N–H and O–H groups in total. The van der Waals surface area contributed by atoms with E-state index in [4.69, 9.17) is 4.74 Å². The fourth-order valence-electron chi connectivity index (χ4n) is 1.94. The van der Waals surface area contributed by atoms with E-state index in [-0.39, 0.29) is 19.1 Å². The first-order valence-electron chi connectivity index (χ1n) is 5.65. The predicted molar refractivity (Wildman–Crippen MR) is 63.7 cm³/mol. The lowest BCUT2D eigenvalue weighted by atomic mass is 10.1. The van der Waals surface area contributed by atoms with E-state index in [2.05, 4.69) is 6.58 Å². The summed E-state index contributed by atoms with van der Waals surface area (Å²) in [5.74, 6) is -0.355. The topological polar surface area (TPSA) is 29.5 Å². The zero-order valence-electron chi connectivity index (χ0n) is 10.0. The molecule has 0 aromatic heterocycles. The zero-order valence-corrected chi connectivity index (χ0v) is 10.0. The summed E-state index contributed by atoms with van der Waals surface area (Å²) in [6, 6.07) is 3.28. The third-order valence-electron chi connectivity index (χ3n) is 2.86. The van der Waals surface area contributed by atoms with Gasteiger partial charge in [0.1, 0.15) is 0 Å². The lowest BCUT2D eigenvalue weighted by Gasteiger charge is -2.21. The predicted octanol–water partition coefficient (Wildman–Crippen LogP) is 2.75. The van der Waals surface area contributed by atoms with Gasteiger partial charge >= 0.3 is 6.18 Å². The molecule has 1 amide bonds. The highest BCUT2D eigenvalue weighted by atomic mass is 19.4. The number of anilines is 1. The number of hydrogen-bond acceptors (Lipinski definition) is 2. The van der Waals surface area contributed by atoms with Crippen molar-refractivity contribution in [2.24, 2.45) is 0 Å². The van der Waals surface area contributed by atoms with Crippen LogP contribution in [-0.4, -0.2) is 19.1 Å². The van der Waals surface area contributed by atoms with Gasteiger partial charge in [0.25, 0.3) is 0 Å². The molecule has 1 aromatic rings. The van der Waals surface area contributed by atoms with Crippen LogP contribution >= 0.6 is 0 Å². The van der Waals surface area contributed by atoms with Gasteiger partial charge in [-0.1, -0.05) is 6.58 Å². The maximum absolute atomic E-state index is 12.6. The fourth-order valence-corrected chi connectivity index (χ4v) is 1.94. The number of benzene rings is 1. The maximum Gasteiger partial charge on any atom is 0.416 e. The summed E-state index contributed by atoms with van der Waals surface area (Å²) in [6.07, 6.45) is -3.28. The van der Waals surface area contributed by atoms with Crippen molar-refractivity contribution < 1.29 is 22.7 Å². The average molecular weight is 271 g/mol. The molecule has 0 saturated carbocycles. The largest absolute Gasteiger partial charge is 0.416 e. The molecular weight excluding hydrogens is 259 g/mol. The van der Waals surface area contributed by atoms with Crippen molar-refractivity contribution >= 4 is 11.6 Å². The lowest BCUT2D eigenvalue weighted by Crippen LogP contribution is -2.31. The molecule has 0 atom stereocenters. The molecule has 0 saturated heterocycles. The number of carbonyl (C=O) groups is 1. The van der Waals surface area contributed by atoms with Gasteiger partial charge in [0.05, 0.1) is 18.8 Å². The number of halogens is 3. The average Bonchev–Trinajstić information content (AvgIpc) is 2.58. The summed E-state index contributed by atoms with van der Waals surface area (Å²) >= 11 is 0. The number of rotatable bonds is 1. The minimum absolute atomic E-state index is 0.0557. The Bertz CT molecular complexity index is 511. The molecule has 1 aliphatic rings. The van der Waals surface area contributed by atoms with Crippen molar-refractivity contribution in [1.29, 1.82) is 0 Å². The molecule has 102 valence electrons. The third kappa shape index (κ3) is 2.78. The van der Waals surface area contributed by atoms with Crippen LogP contribution in [-0.2, 0) is 22.3 Å². The molecule has 3 nitrogen and oxygen atoms in total. The van der Waals surface area contributed by atoms with Crippen molar-refractivity contribution in [3.63, 3.8) is 0 Å². The van der Waals surface area contributed by atoms with Crippen molar-refractivity contribution in [3.8, 4) is 0 Å². The van der Waals surface area contributed by atoms with Crippen molar-refractivity contribution in [1.82, 2.24) is 0 Å². The Labute approximate surface area is 108 Å². The van der Waals surface area contributed by atoms with Crippen LogP contribution in [0.25, 0.3) is 0 Å². The van der Waals surface area contributed by atoms with Gasteiger partial charge < -0.3 is 9.64 Å². The van der Waals surface area contributed by atoms with E-state index >= 15 is 0 Å². The van der Waals surface area contributed by atoms with Crippen LogP contribution < -0.4 is 4.90 Å². The molecule has 1 aliphatic heterocycles. The minimum atomic E-state index is -4.41. The Morgan fingerprint density at radius 2 is 2.16 bits per heavy atom. The van der Waals surface area contributed by atoms with Crippen LogP contribution in [0.5, 0.6) is 0 Å². The Morgan fingerprint density at radius 1 is 1.42 bits per heavy atom. The van der Waals surface area contributed by atoms with E-state index < -0.39 is 11.7 Å². The summed E-state index contributed by atoms with van der Waals surface area (Å²) in [4.78, 5) is 13.1. The second-order valence-corrected chi connectivity index (χ2v) is 4.09. The van der Waals surface area contributed by atoms with Crippen LogP contribution in [0.4, 0.5) is 18.9 Å². The van der Waals surface area contributed by atoms with Gasteiger partial charge in [-0.2, -0.15) is 13.2 Å². The highest BCUT2D eigenvalue weighted by molar-refractivity contribution is 6.01. The molecule has 19 heavy (non-hydrogen) atoms. The van der Waals surface area contributed by atoms with Gasteiger partial charge in [-0.3, -0.25) is 4.79 Å². The van der Waals surface area contributed by atoms with Crippen molar-refractivity contribution in [3.05, 3.63) is 42.0 Å². The van der Waals surface area contributed by atoms with Crippen LogP contribution in [0, 0.1) is 0 Å². The molecule has 0 radical (unpaired) electrons. The zero-order chi connectivity index (χ0) is 14.0. The van der Waals surface area contributed by atoms with Gasteiger partial charge in [0, 0.05) is 17.8 Å². The Balaban J connectivity index is 2.46. The van der Waals surface area contributed by atoms with E-state index in [9.17, 15) is 18.0 Å². The molecule has 0 spiro atoms. The van der Waals surface area contributed by atoms with Gasteiger partial charge in [-0.05, 0) is 24.3 Å². The van der Waals surface area contributed by atoms with Crippen molar-refractivity contribution in [2.75, 3.05) is 18.1 Å². The molecule has 0 bridgehead atoms. The summed E-state index contributed by atoms with van der Waals surface area (Å²) in [6.45, 7) is 4.01. The van der Waals surface area contributed by atoms with E-state index in [0.717, 1.165) is 18.2 Å². The normalized spacial score (nSPS) is 15.6. The summed E-state index contributed by atoms with van der Waals surface area (Å²) < 4.78 is 43.1. The minimum Gasteiger partial charge on any atom is -0.375 e. The number of alkyl halides is 3. The lowest BCUT2D eigenvalue weighted by molar-refractivity contribution is -0.137. The number of fused-ring (bicyclic) bond motifs is 1. The fraction of sp³-hybridized carbons (Fsp3) is 0.308. The van der Waals surface area contributed by atoms with Crippen LogP contribution in [0.1, 0.15) is 11.1 Å². The van der Waals surface area contributed by atoms with Crippen molar-refractivity contribution in [2.45, 2.75) is 12.8 Å². The molecule has 1 heterocycles. The molecule has 0 fully saturated rings. The first-order valence-corrected chi connectivity index (χ1v) is 5.65. The van der Waals surface area contributed by atoms with Crippen LogP contribution in [0.15, 0.2) is 30.9 Å². The Kier molecular flexibility index (Phi) is 3.61. The maximum atomic E-state index is 12.6. The molecule has 1 aromatic carbocycles. The van der Waals surface area contributed by atoms with Gasteiger partial charge in [-0.25, -0.2) is 0 Å².